The highest BCUT2D eigenvalue weighted by Gasteiger charge is 2.60. The lowest BCUT2D eigenvalue weighted by atomic mass is 9.48. The molecule has 2 N–H and O–H groups in total. The maximum atomic E-state index is 13.5. The molecule has 134 valence electrons. The molecule has 0 radical (unpaired) electrons. The van der Waals surface area contributed by atoms with Gasteiger partial charge in [0.2, 0.25) is 0 Å². The predicted molar refractivity (Wildman–Crippen MR) is 88.1 cm³/mol. The van der Waals surface area contributed by atoms with Crippen LogP contribution in [0.4, 0.5) is 10.1 Å². The monoisotopic (exact) mass is 347 g/mol. The number of para-hydroxylation sites is 1. The van der Waals surface area contributed by atoms with Gasteiger partial charge in [0.25, 0.3) is 5.91 Å². The number of carbonyl (C=O) groups is 2. The van der Waals surface area contributed by atoms with E-state index in [9.17, 15) is 19.1 Å². The van der Waals surface area contributed by atoms with Gasteiger partial charge in [-0.15, -0.1) is 0 Å². The van der Waals surface area contributed by atoms with Gasteiger partial charge in [0.1, 0.15) is 5.82 Å². The fourth-order valence-electron chi connectivity index (χ4n) is 5.49. The molecule has 0 aromatic heterocycles. The Morgan fingerprint density at radius 2 is 1.88 bits per heavy atom. The van der Waals surface area contributed by atoms with Crippen LogP contribution in [0.5, 0.6) is 0 Å². The van der Waals surface area contributed by atoms with Crippen LogP contribution < -0.4 is 5.32 Å². The molecular weight excluding hydrogens is 325 g/mol. The molecule has 5 nitrogen and oxygen atoms in total. The highest BCUT2D eigenvalue weighted by Crippen LogP contribution is 2.61. The summed E-state index contributed by atoms with van der Waals surface area (Å²) in [6, 6.07) is 5.84. The number of amides is 1. The van der Waals surface area contributed by atoms with Crippen molar-refractivity contribution >= 4 is 17.6 Å². The third-order valence-electron chi connectivity index (χ3n) is 5.95. The molecule has 0 aliphatic heterocycles. The molecule has 1 aromatic rings. The quantitative estimate of drug-likeness (QED) is 0.821. The first-order valence-electron chi connectivity index (χ1n) is 8.82. The van der Waals surface area contributed by atoms with Gasteiger partial charge in [-0.05, 0) is 62.5 Å². The van der Waals surface area contributed by atoms with Crippen LogP contribution in [0.1, 0.15) is 38.5 Å². The molecule has 2 unspecified atom stereocenters. The second-order valence-electron chi connectivity index (χ2n) is 8.07. The number of benzene rings is 1. The smallest absolute Gasteiger partial charge is 0.312 e. The largest absolute Gasteiger partial charge is 0.455 e. The van der Waals surface area contributed by atoms with Gasteiger partial charge in [-0.25, -0.2) is 4.39 Å². The van der Waals surface area contributed by atoms with Gasteiger partial charge >= 0.3 is 5.97 Å². The first-order valence-corrected chi connectivity index (χ1v) is 8.82. The number of aliphatic hydroxyl groups is 1. The van der Waals surface area contributed by atoms with Crippen LogP contribution in [0.15, 0.2) is 24.3 Å². The van der Waals surface area contributed by atoms with Crippen LogP contribution in [0.2, 0.25) is 0 Å². The predicted octanol–water partition coefficient (Wildman–Crippen LogP) is 2.64. The van der Waals surface area contributed by atoms with Gasteiger partial charge in [-0.1, -0.05) is 12.1 Å². The van der Waals surface area contributed by atoms with Gasteiger partial charge in [0, 0.05) is 0 Å². The molecule has 6 heteroatoms. The summed E-state index contributed by atoms with van der Waals surface area (Å²) in [5, 5.41) is 13.1. The highest BCUT2D eigenvalue weighted by atomic mass is 19.1. The number of hydrogen-bond donors (Lipinski definition) is 2. The first kappa shape index (κ1) is 16.5. The number of ether oxygens (including phenoxy) is 1. The Hall–Kier alpha value is -1.95. The van der Waals surface area contributed by atoms with Crippen LogP contribution in [0.25, 0.3) is 0 Å². The summed E-state index contributed by atoms with van der Waals surface area (Å²) in [6.45, 7) is -0.442. The summed E-state index contributed by atoms with van der Waals surface area (Å²) < 4.78 is 18.8. The van der Waals surface area contributed by atoms with E-state index in [1.165, 1.54) is 18.2 Å². The van der Waals surface area contributed by atoms with E-state index < -0.39 is 35.3 Å². The maximum Gasteiger partial charge on any atom is 0.312 e. The molecule has 5 rings (SSSR count). The molecule has 0 heterocycles. The van der Waals surface area contributed by atoms with Crippen LogP contribution in [-0.4, -0.2) is 29.2 Å². The van der Waals surface area contributed by atoms with Crippen molar-refractivity contribution in [1.29, 1.82) is 0 Å². The van der Waals surface area contributed by atoms with Crippen LogP contribution in [0.3, 0.4) is 0 Å². The van der Waals surface area contributed by atoms with Gasteiger partial charge in [-0.3, -0.25) is 9.59 Å². The van der Waals surface area contributed by atoms with Gasteiger partial charge in [0.05, 0.1) is 16.7 Å². The van der Waals surface area contributed by atoms with Crippen molar-refractivity contribution in [3.63, 3.8) is 0 Å². The fraction of sp³-hybridized carbons (Fsp3) is 0.579. The van der Waals surface area contributed by atoms with E-state index in [1.807, 2.05) is 0 Å². The SMILES string of the molecule is O=C(COC(=O)C12C[C@@H]3C[C@@H](CC(O)(C3)C1)C2)Nc1ccccc1F. The minimum atomic E-state index is -0.751. The van der Waals surface area contributed by atoms with Crippen molar-refractivity contribution in [1.82, 2.24) is 0 Å². The minimum absolute atomic E-state index is 0.0627. The van der Waals surface area contributed by atoms with Crippen molar-refractivity contribution in [2.24, 2.45) is 17.3 Å². The summed E-state index contributed by atoms with van der Waals surface area (Å²) in [7, 11) is 0. The molecule has 1 aromatic carbocycles. The summed E-state index contributed by atoms with van der Waals surface area (Å²) in [6.07, 6.45) is 4.52. The molecule has 4 atom stereocenters. The van der Waals surface area contributed by atoms with E-state index in [4.69, 9.17) is 4.74 Å². The zero-order valence-electron chi connectivity index (χ0n) is 14.0. The molecule has 0 spiro atoms. The maximum absolute atomic E-state index is 13.5. The van der Waals surface area contributed by atoms with E-state index in [0.717, 1.165) is 32.1 Å². The Morgan fingerprint density at radius 1 is 1.20 bits per heavy atom. The standard InChI is InChI=1S/C19H22FNO4/c20-14-3-1-2-4-15(14)21-16(22)10-25-17(23)18-6-12-5-13(7-18)9-19(24,8-12)11-18/h1-4,12-13,24H,5-11H2,(H,21,22)/t12-,13+,18?,19?. The number of nitrogens with one attached hydrogen (secondary N) is 1. The lowest BCUT2D eigenvalue weighted by Gasteiger charge is -2.58. The van der Waals surface area contributed by atoms with Crippen LogP contribution in [0, 0.1) is 23.1 Å². The Bertz CT molecular complexity index is 705. The van der Waals surface area contributed by atoms with Crippen molar-refractivity contribution in [2.75, 3.05) is 11.9 Å². The highest BCUT2D eigenvalue weighted by molar-refractivity contribution is 5.93. The van der Waals surface area contributed by atoms with E-state index >= 15 is 0 Å². The van der Waals surface area contributed by atoms with E-state index in [0.29, 0.717) is 18.3 Å². The van der Waals surface area contributed by atoms with Crippen molar-refractivity contribution in [2.45, 2.75) is 44.1 Å². The van der Waals surface area contributed by atoms with Gasteiger partial charge in [-0.2, -0.15) is 0 Å². The van der Waals surface area contributed by atoms with Crippen molar-refractivity contribution in [3.8, 4) is 0 Å². The Balaban J connectivity index is 1.38. The van der Waals surface area contributed by atoms with E-state index in [-0.39, 0.29) is 5.69 Å². The summed E-state index contributed by atoms with van der Waals surface area (Å²) in [5.74, 6) is -0.770. The van der Waals surface area contributed by atoms with Crippen molar-refractivity contribution < 1.29 is 23.8 Å². The third kappa shape index (κ3) is 3.03. The minimum Gasteiger partial charge on any atom is -0.455 e. The molecule has 25 heavy (non-hydrogen) atoms. The molecule has 0 saturated heterocycles. The molecule has 4 fully saturated rings. The Morgan fingerprint density at radius 3 is 2.52 bits per heavy atom. The number of halogens is 1. The molecule has 4 aliphatic carbocycles. The number of anilines is 1. The van der Waals surface area contributed by atoms with Gasteiger partial charge in [0.15, 0.2) is 6.61 Å². The van der Waals surface area contributed by atoms with Gasteiger partial charge < -0.3 is 15.2 Å². The topological polar surface area (TPSA) is 75.6 Å². The second-order valence-corrected chi connectivity index (χ2v) is 8.07. The number of hydrogen-bond acceptors (Lipinski definition) is 4. The second kappa shape index (κ2) is 5.80. The molecule has 1 amide bonds. The van der Waals surface area contributed by atoms with E-state index in [1.54, 1.807) is 6.07 Å². The molecule has 4 saturated carbocycles. The van der Waals surface area contributed by atoms with E-state index in [2.05, 4.69) is 5.32 Å². The first-order chi connectivity index (χ1) is 11.9. The zero-order valence-corrected chi connectivity index (χ0v) is 14.0. The lowest BCUT2D eigenvalue weighted by molar-refractivity contribution is -0.196. The average Bonchev–Trinajstić information content (AvgIpc) is 2.52. The molecular formula is C19H22FNO4. The summed E-state index contributed by atoms with van der Waals surface area (Å²) >= 11 is 0. The fourth-order valence-corrected chi connectivity index (χ4v) is 5.49. The number of esters is 1. The van der Waals surface area contributed by atoms with Crippen LogP contribution in [-0.2, 0) is 14.3 Å². The Kier molecular flexibility index (Phi) is 3.83. The number of carbonyl (C=O) groups excluding carboxylic acids is 2. The van der Waals surface area contributed by atoms with Crippen LogP contribution >= 0.6 is 0 Å². The number of rotatable bonds is 4. The third-order valence-corrected chi connectivity index (χ3v) is 5.95. The summed E-state index contributed by atoms with van der Waals surface area (Å²) in [5.41, 5.74) is -1.34. The summed E-state index contributed by atoms with van der Waals surface area (Å²) in [4.78, 5) is 24.6. The molecule has 4 aliphatic rings. The Labute approximate surface area is 145 Å². The molecule has 4 bridgehead atoms. The lowest BCUT2D eigenvalue weighted by Crippen LogP contribution is -2.58. The normalized spacial score (nSPS) is 35.4. The zero-order chi connectivity index (χ0) is 17.7. The van der Waals surface area contributed by atoms with Crippen molar-refractivity contribution in [3.05, 3.63) is 30.1 Å². The average molecular weight is 347 g/mol.